The number of benzene rings is 1. The summed E-state index contributed by atoms with van der Waals surface area (Å²) in [6, 6.07) is 4.29. The fraction of sp³-hybridized carbons (Fsp3) is 0.455. The lowest BCUT2D eigenvalue weighted by Crippen LogP contribution is -2.32. The predicted molar refractivity (Wildman–Crippen MR) is 70.6 cm³/mol. The largest absolute Gasteiger partial charge is 0.399 e. The molecule has 17 heavy (non-hydrogen) atoms. The highest BCUT2D eigenvalue weighted by molar-refractivity contribution is 7.89. The number of hydrogen-bond acceptors (Lipinski definition) is 3. The molecule has 1 aromatic rings. The highest BCUT2D eigenvalue weighted by Crippen LogP contribution is 2.23. The number of sulfonamides is 1. The number of nitrogens with two attached hydrogens (primary N) is 1. The van der Waals surface area contributed by atoms with Crippen LogP contribution in [0.2, 0.25) is 5.02 Å². The summed E-state index contributed by atoms with van der Waals surface area (Å²) >= 11 is 5.87. The number of rotatable bonds is 5. The van der Waals surface area contributed by atoms with Gasteiger partial charge < -0.3 is 5.73 Å². The average Bonchev–Trinajstić information content (AvgIpc) is 2.21. The van der Waals surface area contributed by atoms with E-state index in [1.165, 1.54) is 12.1 Å². The van der Waals surface area contributed by atoms with Gasteiger partial charge in [0.25, 0.3) is 0 Å². The lowest BCUT2D eigenvalue weighted by molar-refractivity contribution is 0.544. The molecule has 4 nitrogen and oxygen atoms in total. The first-order valence-electron chi connectivity index (χ1n) is 5.44. The van der Waals surface area contributed by atoms with E-state index in [1.54, 1.807) is 6.07 Å². The number of halogens is 1. The molecule has 1 rings (SSSR count). The van der Waals surface area contributed by atoms with Crippen molar-refractivity contribution >= 4 is 27.3 Å². The number of hydrogen-bond donors (Lipinski definition) is 2. The highest BCUT2D eigenvalue weighted by Gasteiger charge is 2.20. The Kier molecular flexibility index (Phi) is 4.80. The molecule has 0 aliphatic heterocycles. The van der Waals surface area contributed by atoms with Gasteiger partial charge in [-0.1, -0.05) is 24.9 Å². The molecule has 0 aliphatic rings. The van der Waals surface area contributed by atoms with Crippen LogP contribution in [0.25, 0.3) is 0 Å². The van der Waals surface area contributed by atoms with Gasteiger partial charge in [-0.05, 0) is 31.5 Å². The Morgan fingerprint density at radius 2 is 2.12 bits per heavy atom. The van der Waals surface area contributed by atoms with Crippen molar-refractivity contribution in [2.24, 2.45) is 0 Å². The lowest BCUT2D eigenvalue weighted by atomic mass is 10.2. The summed E-state index contributed by atoms with van der Waals surface area (Å²) in [6.07, 6.45) is 1.69. The molecule has 0 aromatic heterocycles. The van der Waals surface area contributed by atoms with E-state index >= 15 is 0 Å². The molecule has 0 saturated carbocycles. The smallest absolute Gasteiger partial charge is 0.242 e. The zero-order chi connectivity index (χ0) is 13.1. The summed E-state index contributed by atoms with van der Waals surface area (Å²) in [4.78, 5) is 0.0297. The second kappa shape index (κ2) is 5.71. The van der Waals surface area contributed by atoms with E-state index in [-0.39, 0.29) is 16.0 Å². The second-order valence-corrected chi connectivity index (χ2v) is 6.09. The standard InChI is InChI=1S/C11H17ClN2O2S/c1-3-4-8(2)14-17(15,16)11-7-9(13)5-6-10(11)12/h5-8,14H,3-4,13H2,1-2H3. The molecular weight excluding hydrogens is 260 g/mol. The fourth-order valence-electron chi connectivity index (χ4n) is 1.55. The Bertz CT molecular complexity index is 488. The van der Waals surface area contributed by atoms with Gasteiger partial charge in [0.2, 0.25) is 10.0 Å². The molecule has 0 saturated heterocycles. The van der Waals surface area contributed by atoms with Crippen molar-refractivity contribution < 1.29 is 8.42 Å². The van der Waals surface area contributed by atoms with Gasteiger partial charge in [0, 0.05) is 11.7 Å². The van der Waals surface area contributed by atoms with Gasteiger partial charge in [-0.15, -0.1) is 0 Å². The molecule has 0 radical (unpaired) electrons. The van der Waals surface area contributed by atoms with E-state index in [4.69, 9.17) is 17.3 Å². The average molecular weight is 277 g/mol. The fourth-order valence-corrected chi connectivity index (χ4v) is 3.36. The van der Waals surface area contributed by atoms with E-state index in [1.807, 2.05) is 13.8 Å². The van der Waals surface area contributed by atoms with Crippen LogP contribution in [0, 0.1) is 0 Å². The molecule has 0 bridgehead atoms. The van der Waals surface area contributed by atoms with Crippen molar-refractivity contribution in [2.75, 3.05) is 5.73 Å². The highest BCUT2D eigenvalue weighted by atomic mass is 35.5. The van der Waals surface area contributed by atoms with Crippen molar-refractivity contribution in [3.8, 4) is 0 Å². The quantitative estimate of drug-likeness (QED) is 0.811. The van der Waals surface area contributed by atoms with Crippen molar-refractivity contribution in [1.82, 2.24) is 4.72 Å². The van der Waals surface area contributed by atoms with Crippen LogP contribution < -0.4 is 10.5 Å². The minimum absolute atomic E-state index is 0.0297. The van der Waals surface area contributed by atoms with E-state index < -0.39 is 10.0 Å². The first kappa shape index (κ1) is 14.3. The van der Waals surface area contributed by atoms with Crippen molar-refractivity contribution in [2.45, 2.75) is 37.6 Å². The summed E-state index contributed by atoms with van der Waals surface area (Å²) in [5, 5.41) is 0.176. The van der Waals surface area contributed by atoms with Gasteiger partial charge in [-0.2, -0.15) is 0 Å². The van der Waals surface area contributed by atoms with E-state index in [9.17, 15) is 8.42 Å². The zero-order valence-corrected chi connectivity index (χ0v) is 11.5. The Morgan fingerprint density at radius 1 is 1.47 bits per heavy atom. The summed E-state index contributed by atoms with van der Waals surface area (Å²) in [6.45, 7) is 3.82. The molecule has 1 atom stereocenters. The van der Waals surface area contributed by atoms with Crippen LogP contribution in [0.5, 0.6) is 0 Å². The van der Waals surface area contributed by atoms with Crippen LogP contribution in [0.15, 0.2) is 23.1 Å². The molecule has 3 N–H and O–H groups in total. The van der Waals surface area contributed by atoms with Crippen molar-refractivity contribution in [3.05, 3.63) is 23.2 Å². The van der Waals surface area contributed by atoms with Gasteiger partial charge in [0.1, 0.15) is 4.90 Å². The third kappa shape index (κ3) is 3.87. The van der Waals surface area contributed by atoms with Gasteiger partial charge in [0.05, 0.1) is 5.02 Å². The topological polar surface area (TPSA) is 72.2 Å². The molecule has 0 fully saturated rings. The molecule has 0 aliphatic carbocycles. The summed E-state index contributed by atoms with van der Waals surface area (Å²) in [5.41, 5.74) is 5.94. The minimum atomic E-state index is -3.60. The lowest BCUT2D eigenvalue weighted by Gasteiger charge is -2.14. The molecule has 0 heterocycles. The van der Waals surface area contributed by atoms with Crippen molar-refractivity contribution in [3.63, 3.8) is 0 Å². The zero-order valence-electron chi connectivity index (χ0n) is 9.90. The number of nitrogens with one attached hydrogen (secondary N) is 1. The maximum atomic E-state index is 12.0. The molecular formula is C11H17ClN2O2S. The number of anilines is 1. The van der Waals surface area contributed by atoms with Gasteiger partial charge in [-0.3, -0.25) is 0 Å². The van der Waals surface area contributed by atoms with Gasteiger partial charge >= 0.3 is 0 Å². The molecule has 1 aromatic carbocycles. The summed E-state index contributed by atoms with van der Waals surface area (Å²) < 4.78 is 26.7. The van der Waals surface area contributed by atoms with Crippen LogP contribution in [-0.2, 0) is 10.0 Å². The first-order chi connectivity index (χ1) is 7.86. The normalized spacial score (nSPS) is 13.6. The van der Waals surface area contributed by atoms with Crippen molar-refractivity contribution in [1.29, 1.82) is 0 Å². The summed E-state index contributed by atoms with van der Waals surface area (Å²) in [7, 11) is -3.60. The predicted octanol–water partition coefficient (Wildman–Crippen LogP) is 2.39. The third-order valence-corrected chi connectivity index (χ3v) is 4.39. The summed E-state index contributed by atoms with van der Waals surface area (Å²) in [5.74, 6) is 0. The molecule has 96 valence electrons. The van der Waals surface area contributed by atoms with Gasteiger partial charge in [-0.25, -0.2) is 13.1 Å². The van der Waals surface area contributed by atoms with Gasteiger partial charge in [0.15, 0.2) is 0 Å². The SMILES string of the molecule is CCCC(C)NS(=O)(=O)c1cc(N)ccc1Cl. The van der Waals surface area contributed by atoms with E-state index in [0.29, 0.717) is 5.69 Å². The Hall–Kier alpha value is -0.780. The Morgan fingerprint density at radius 3 is 2.71 bits per heavy atom. The third-order valence-electron chi connectivity index (χ3n) is 2.32. The van der Waals surface area contributed by atoms with Crippen LogP contribution in [0.4, 0.5) is 5.69 Å². The van der Waals surface area contributed by atoms with E-state index in [0.717, 1.165) is 12.8 Å². The van der Waals surface area contributed by atoms with Crippen LogP contribution in [-0.4, -0.2) is 14.5 Å². The molecule has 0 spiro atoms. The molecule has 1 unspecified atom stereocenters. The second-order valence-electron chi connectivity index (χ2n) is 4.00. The monoisotopic (exact) mass is 276 g/mol. The first-order valence-corrected chi connectivity index (χ1v) is 7.30. The maximum absolute atomic E-state index is 12.0. The molecule has 6 heteroatoms. The van der Waals surface area contributed by atoms with Crippen LogP contribution >= 0.6 is 11.6 Å². The van der Waals surface area contributed by atoms with E-state index in [2.05, 4.69) is 4.72 Å². The van der Waals surface area contributed by atoms with Crippen LogP contribution in [0.3, 0.4) is 0 Å². The van der Waals surface area contributed by atoms with Crippen LogP contribution in [0.1, 0.15) is 26.7 Å². The number of nitrogen functional groups attached to an aromatic ring is 1. The Balaban J connectivity index is 3.01. The Labute approximate surface area is 107 Å². The molecule has 0 amide bonds. The minimum Gasteiger partial charge on any atom is -0.399 e. The maximum Gasteiger partial charge on any atom is 0.242 e.